The Balaban J connectivity index is 2.60. The highest BCUT2D eigenvalue weighted by Gasteiger charge is 2.11. The molecule has 1 atom stereocenters. The molecule has 2 N–H and O–H groups in total. The first kappa shape index (κ1) is 13.0. The van der Waals surface area contributed by atoms with Gasteiger partial charge in [-0.05, 0) is 52.6 Å². The van der Waals surface area contributed by atoms with Gasteiger partial charge in [-0.25, -0.2) is 0 Å². The Morgan fingerprint density at radius 2 is 1.67 bits per heavy atom. The molecule has 0 saturated carbocycles. The molecular formula is C13H20IN. The SMILES string of the molecule is CCC(CC)CC(N)c1ccc(I)cc1. The van der Waals surface area contributed by atoms with Crippen molar-refractivity contribution in [3.63, 3.8) is 0 Å². The van der Waals surface area contributed by atoms with Crippen molar-refractivity contribution in [2.45, 2.75) is 39.2 Å². The summed E-state index contributed by atoms with van der Waals surface area (Å²) in [5.74, 6) is 0.763. The zero-order valence-electron chi connectivity index (χ0n) is 9.54. The lowest BCUT2D eigenvalue weighted by atomic mass is 9.92. The van der Waals surface area contributed by atoms with Crippen LogP contribution in [0.1, 0.15) is 44.7 Å². The van der Waals surface area contributed by atoms with Crippen molar-refractivity contribution in [2.75, 3.05) is 0 Å². The summed E-state index contributed by atoms with van der Waals surface area (Å²) in [7, 11) is 0. The molecule has 0 aliphatic heterocycles. The Bertz CT molecular complexity index is 277. The molecule has 0 amide bonds. The molecule has 1 aromatic carbocycles. The molecule has 84 valence electrons. The molecule has 1 unspecified atom stereocenters. The molecule has 1 aromatic rings. The number of halogens is 1. The minimum Gasteiger partial charge on any atom is -0.324 e. The fourth-order valence-corrected chi connectivity index (χ4v) is 2.19. The van der Waals surface area contributed by atoms with Gasteiger partial charge in [-0.15, -0.1) is 0 Å². The Labute approximate surface area is 107 Å². The van der Waals surface area contributed by atoms with E-state index in [1.807, 2.05) is 0 Å². The van der Waals surface area contributed by atoms with Gasteiger partial charge >= 0.3 is 0 Å². The van der Waals surface area contributed by atoms with Gasteiger partial charge in [-0.2, -0.15) is 0 Å². The largest absolute Gasteiger partial charge is 0.324 e. The second-order valence-corrected chi connectivity index (χ2v) is 5.32. The Morgan fingerprint density at radius 3 is 2.13 bits per heavy atom. The van der Waals surface area contributed by atoms with E-state index >= 15 is 0 Å². The number of benzene rings is 1. The van der Waals surface area contributed by atoms with E-state index in [1.165, 1.54) is 22.0 Å². The van der Waals surface area contributed by atoms with Gasteiger partial charge in [0.1, 0.15) is 0 Å². The lowest BCUT2D eigenvalue weighted by Gasteiger charge is -2.18. The number of nitrogens with two attached hydrogens (primary N) is 1. The van der Waals surface area contributed by atoms with E-state index < -0.39 is 0 Å². The molecule has 0 fully saturated rings. The molecular weight excluding hydrogens is 297 g/mol. The van der Waals surface area contributed by atoms with Crippen molar-refractivity contribution in [3.8, 4) is 0 Å². The quantitative estimate of drug-likeness (QED) is 0.812. The third kappa shape index (κ3) is 4.11. The van der Waals surface area contributed by atoms with Crippen LogP contribution in [0.15, 0.2) is 24.3 Å². The van der Waals surface area contributed by atoms with E-state index in [2.05, 4.69) is 60.7 Å². The fraction of sp³-hybridized carbons (Fsp3) is 0.538. The highest BCUT2D eigenvalue weighted by Crippen LogP contribution is 2.23. The molecule has 1 nitrogen and oxygen atoms in total. The Morgan fingerprint density at radius 1 is 1.13 bits per heavy atom. The van der Waals surface area contributed by atoms with Gasteiger partial charge in [0.2, 0.25) is 0 Å². The summed E-state index contributed by atoms with van der Waals surface area (Å²) in [6.07, 6.45) is 3.57. The summed E-state index contributed by atoms with van der Waals surface area (Å²) in [4.78, 5) is 0. The summed E-state index contributed by atoms with van der Waals surface area (Å²) in [5.41, 5.74) is 7.46. The van der Waals surface area contributed by atoms with E-state index in [1.54, 1.807) is 0 Å². The highest BCUT2D eigenvalue weighted by atomic mass is 127. The zero-order chi connectivity index (χ0) is 11.3. The van der Waals surface area contributed by atoms with Gasteiger partial charge < -0.3 is 5.73 Å². The van der Waals surface area contributed by atoms with Crippen LogP contribution in [0.3, 0.4) is 0 Å². The van der Waals surface area contributed by atoms with Gasteiger partial charge in [0, 0.05) is 9.61 Å². The lowest BCUT2D eigenvalue weighted by Crippen LogP contribution is -2.14. The van der Waals surface area contributed by atoms with Crippen LogP contribution >= 0.6 is 22.6 Å². The second-order valence-electron chi connectivity index (χ2n) is 4.08. The van der Waals surface area contributed by atoms with Gasteiger partial charge in [0.15, 0.2) is 0 Å². The van der Waals surface area contributed by atoms with Crippen molar-refractivity contribution in [1.82, 2.24) is 0 Å². The predicted molar refractivity (Wildman–Crippen MR) is 74.8 cm³/mol. The van der Waals surface area contributed by atoms with Crippen molar-refractivity contribution < 1.29 is 0 Å². The first-order valence-corrected chi connectivity index (χ1v) is 6.76. The van der Waals surface area contributed by atoms with E-state index in [4.69, 9.17) is 5.73 Å². The normalized spacial score (nSPS) is 13.1. The first-order chi connectivity index (χ1) is 7.17. The van der Waals surface area contributed by atoms with E-state index in [9.17, 15) is 0 Å². The molecule has 0 aromatic heterocycles. The highest BCUT2D eigenvalue weighted by molar-refractivity contribution is 14.1. The maximum Gasteiger partial charge on any atom is 0.0297 e. The first-order valence-electron chi connectivity index (χ1n) is 5.68. The Kier molecular flexibility index (Phi) is 5.61. The molecule has 0 aliphatic rings. The van der Waals surface area contributed by atoms with E-state index in [0.29, 0.717) is 0 Å². The van der Waals surface area contributed by atoms with E-state index in [-0.39, 0.29) is 6.04 Å². The number of rotatable bonds is 5. The average Bonchev–Trinajstić information content (AvgIpc) is 2.26. The fourth-order valence-electron chi connectivity index (χ4n) is 1.83. The third-order valence-electron chi connectivity index (χ3n) is 3.04. The van der Waals surface area contributed by atoms with Crippen molar-refractivity contribution in [3.05, 3.63) is 33.4 Å². The van der Waals surface area contributed by atoms with Crippen LogP contribution in [0.4, 0.5) is 0 Å². The molecule has 2 heteroatoms. The number of hydrogen-bond donors (Lipinski definition) is 1. The minimum absolute atomic E-state index is 0.201. The Hall–Kier alpha value is -0.0900. The summed E-state index contributed by atoms with van der Waals surface area (Å²) in [5, 5.41) is 0. The standard InChI is InChI=1S/C13H20IN/c1-3-10(4-2)9-13(15)11-5-7-12(14)8-6-11/h5-8,10,13H,3-4,9,15H2,1-2H3. The van der Waals surface area contributed by atoms with Crippen LogP contribution in [0.2, 0.25) is 0 Å². The molecule has 0 radical (unpaired) electrons. The molecule has 0 aliphatic carbocycles. The molecule has 0 heterocycles. The summed E-state index contributed by atoms with van der Waals surface area (Å²) < 4.78 is 1.27. The van der Waals surface area contributed by atoms with Crippen LogP contribution in [-0.2, 0) is 0 Å². The van der Waals surface area contributed by atoms with Gasteiger partial charge in [0.05, 0.1) is 0 Å². The molecule has 0 spiro atoms. The summed E-state index contributed by atoms with van der Waals surface area (Å²) in [6.45, 7) is 4.49. The van der Waals surface area contributed by atoms with Gasteiger partial charge in [0.25, 0.3) is 0 Å². The van der Waals surface area contributed by atoms with Crippen LogP contribution in [0, 0.1) is 9.49 Å². The van der Waals surface area contributed by atoms with Gasteiger partial charge in [-0.3, -0.25) is 0 Å². The molecule has 1 rings (SSSR count). The number of hydrogen-bond acceptors (Lipinski definition) is 1. The lowest BCUT2D eigenvalue weighted by molar-refractivity contribution is 0.414. The molecule has 0 bridgehead atoms. The predicted octanol–water partition coefficient (Wildman–Crippen LogP) is 4.12. The van der Waals surface area contributed by atoms with Crippen LogP contribution in [-0.4, -0.2) is 0 Å². The van der Waals surface area contributed by atoms with Crippen molar-refractivity contribution in [2.24, 2.45) is 11.7 Å². The second kappa shape index (κ2) is 6.48. The molecule has 15 heavy (non-hydrogen) atoms. The monoisotopic (exact) mass is 317 g/mol. The van der Waals surface area contributed by atoms with Crippen LogP contribution < -0.4 is 5.73 Å². The topological polar surface area (TPSA) is 26.0 Å². The smallest absolute Gasteiger partial charge is 0.0297 e. The van der Waals surface area contributed by atoms with Crippen molar-refractivity contribution >= 4 is 22.6 Å². The van der Waals surface area contributed by atoms with E-state index in [0.717, 1.165) is 12.3 Å². The van der Waals surface area contributed by atoms with Crippen molar-refractivity contribution in [1.29, 1.82) is 0 Å². The maximum atomic E-state index is 6.19. The average molecular weight is 317 g/mol. The van der Waals surface area contributed by atoms with Crippen LogP contribution in [0.5, 0.6) is 0 Å². The molecule has 0 saturated heterocycles. The van der Waals surface area contributed by atoms with Crippen LogP contribution in [0.25, 0.3) is 0 Å². The minimum atomic E-state index is 0.201. The zero-order valence-corrected chi connectivity index (χ0v) is 11.7. The van der Waals surface area contributed by atoms with Gasteiger partial charge in [-0.1, -0.05) is 38.8 Å². The summed E-state index contributed by atoms with van der Waals surface area (Å²) >= 11 is 2.32. The summed E-state index contributed by atoms with van der Waals surface area (Å²) in [6, 6.07) is 8.75. The maximum absolute atomic E-state index is 6.19. The third-order valence-corrected chi connectivity index (χ3v) is 3.76.